The highest BCUT2D eigenvalue weighted by molar-refractivity contribution is 5.69. The fourth-order valence-electron chi connectivity index (χ4n) is 12.6. The second-order valence-corrected chi connectivity index (χ2v) is 19.0. The van der Waals surface area contributed by atoms with E-state index < -0.39 is 0 Å². The van der Waals surface area contributed by atoms with E-state index in [9.17, 15) is 4.79 Å². The van der Waals surface area contributed by atoms with E-state index in [-0.39, 0.29) is 12.1 Å². The molecule has 3 nitrogen and oxygen atoms in total. The first-order valence-corrected chi connectivity index (χ1v) is 21.7. The molecule has 0 bridgehead atoms. The molecule has 4 fully saturated rings. The van der Waals surface area contributed by atoms with Crippen molar-refractivity contribution in [1.29, 1.82) is 0 Å². The largest absolute Gasteiger partial charge is 0.494 e. The van der Waals surface area contributed by atoms with Crippen LogP contribution in [0.4, 0.5) is 0 Å². The second kappa shape index (κ2) is 16.9. The third kappa shape index (κ3) is 8.54. The van der Waals surface area contributed by atoms with Crippen LogP contribution in [0.15, 0.2) is 35.9 Å². The Balaban J connectivity index is 0.909. The summed E-state index contributed by atoms with van der Waals surface area (Å²) in [6.45, 7) is 15.6. The van der Waals surface area contributed by atoms with Gasteiger partial charge in [-0.05, 0) is 159 Å². The molecule has 0 N–H and O–H groups in total. The zero-order chi connectivity index (χ0) is 35.3. The van der Waals surface area contributed by atoms with E-state index in [0.29, 0.717) is 29.8 Å². The Morgan fingerprint density at radius 2 is 1.64 bits per heavy atom. The van der Waals surface area contributed by atoms with Gasteiger partial charge in [-0.1, -0.05) is 97.4 Å². The van der Waals surface area contributed by atoms with E-state index in [1.807, 2.05) is 0 Å². The zero-order valence-electron chi connectivity index (χ0n) is 33.2. The first kappa shape index (κ1) is 38.0. The maximum absolute atomic E-state index is 12.9. The second-order valence-electron chi connectivity index (χ2n) is 19.0. The summed E-state index contributed by atoms with van der Waals surface area (Å²) in [6, 6.07) is 8.85. The molecule has 50 heavy (non-hydrogen) atoms. The highest BCUT2D eigenvalue weighted by Gasteiger charge is 2.59. The van der Waals surface area contributed by atoms with Gasteiger partial charge in [0.15, 0.2) is 0 Å². The molecule has 0 spiro atoms. The molecule has 0 amide bonds. The van der Waals surface area contributed by atoms with Crippen LogP contribution in [-0.2, 0) is 9.53 Å². The number of unbranched alkanes of at least 4 members (excludes halogenated alkanes) is 1. The van der Waals surface area contributed by atoms with Gasteiger partial charge in [-0.2, -0.15) is 0 Å². The predicted octanol–water partition coefficient (Wildman–Crippen LogP) is 13.3. The number of rotatable bonds is 15. The van der Waals surface area contributed by atoms with Crippen LogP contribution in [0.2, 0.25) is 0 Å². The Bertz CT molecular complexity index is 1260. The topological polar surface area (TPSA) is 35.5 Å². The van der Waals surface area contributed by atoms with E-state index in [4.69, 9.17) is 9.47 Å². The number of fused-ring (bicyclic) bond motifs is 5. The molecular formula is C47H74O3. The summed E-state index contributed by atoms with van der Waals surface area (Å²) < 4.78 is 12.2. The van der Waals surface area contributed by atoms with Gasteiger partial charge in [0, 0.05) is 12.8 Å². The summed E-state index contributed by atoms with van der Waals surface area (Å²) in [5, 5.41) is 0. The SMILES string of the molecule is CCCC1CCC(c2ccc(OCCCCC(=O)OC3CC[C@@]4(C)C(=CC[C@H]5[C@@H]6CC[C@H]([C@H](C)CCCC(C)C)[C@@]6(C)CC[C@@H]54)C3)cc2)CC1. The third-order valence-corrected chi connectivity index (χ3v) is 15.5. The molecule has 0 aromatic heterocycles. The van der Waals surface area contributed by atoms with E-state index in [1.165, 1.54) is 102 Å². The quantitative estimate of drug-likeness (QED) is 0.105. The number of hydrogen-bond donors (Lipinski definition) is 0. The molecule has 0 aliphatic heterocycles. The van der Waals surface area contributed by atoms with Crippen molar-refractivity contribution in [2.24, 2.45) is 52.3 Å². The van der Waals surface area contributed by atoms with Crippen molar-refractivity contribution in [3.05, 3.63) is 41.5 Å². The molecule has 5 aliphatic rings. The Hall–Kier alpha value is -1.77. The Labute approximate surface area is 307 Å². The van der Waals surface area contributed by atoms with Gasteiger partial charge in [-0.3, -0.25) is 4.79 Å². The van der Waals surface area contributed by atoms with E-state index in [0.717, 1.165) is 72.9 Å². The van der Waals surface area contributed by atoms with Crippen LogP contribution in [0.25, 0.3) is 0 Å². The molecule has 1 aromatic rings. The van der Waals surface area contributed by atoms with Crippen LogP contribution in [0.3, 0.4) is 0 Å². The molecule has 0 heterocycles. The number of esters is 1. The molecule has 280 valence electrons. The standard InChI is InChI=1S/C47H74O3/c1-7-11-35-15-17-36(18-16-35)37-19-22-39(23-20-37)49-31-9-8-14-45(48)50-40-27-29-46(5)38(32-40)21-24-41-43-26-25-42(34(4)13-10-12-33(2)3)47(43,6)30-28-44(41)46/h19-23,33-36,40-44H,7-18,24-32H2,1-6H3/t34-,35?,36?,40?,41+,42-,43+,44+,46+,47-/m1/s1. The lowest BCUT2D eigenvalue weighted by molar-refractivity contribution is -0.151. The van der Waals surface area contributed by atoms with Crippen molar-refractivity contribution < 1.29 is 14.3 Å². The average molecular weight is 687 g/mol. The molecule has 1 aromatic carbocycles. The summed E-state index contributed by atoms with van der Waals surface area (Å²) in [4.78, 5) is 12.9. The minimum atomic E-state index is -0.0150. The monoisotopic (exact) mass is 687 g/mol. The smallest absolute Gasteiger partial charge is 0.306 e. The van der Waals surface area contributed by atoms with Crippen molar-refractivity contribution in [2.45, 2.75) is 182 Å². The van der Waals surface area contributed by atoms with E-state index in [1.54, 1.807) is 5.57 Å². The Morgan fingerprint density at radius 3 is 2.38 bits per heavy atom. The van der Waals surface area contributed by atoms with E-state index >= 15 is 0 Å². The minimum absolute atomic E-state index is 0.0150. The highest BCUT2D eigenvalue weighted by Crippen LogP contribution is 2.67. The van der Waals surface area contributed by atoms with Crippen LogP contribution in [0, 0.1) is 52.3 Å². The van der Waals surface area contributed by atoms with Gasteiger partial charge in [0.05, 0.1) is 6.61 Å². The van der Waals surface area contributed by atoms with Crippen molar-refractivity contribution >= 4 is 5.97 Å². The van der Waals surface area contributed by atoms with Crippen molar-refractivity contribution in [3.63, 3.8) is 0 Å². The van der Waals surface area contributed by atoms with Crippen LogP contribution < -0.4 is 4.74 Å². The van der Waals surface area contributed by atoms with Crippen LogP contribution in [0.1, 0.15) is 181 Å². The van der Waals surface area contributed by atoms with Gasteiger partial charge in [-0.25, -0.2) is 0 Å². The van der Waals surface area contributed by atoms with Crippen molar-refractivity contribution in [2.75, 3.05) is 6.61 Å². The summed E-state index contributed by atoms with van der Waals surface area (Å²) in [5.74, 6) is 7.77. The third-order valence-electron chi connectivity index (χ3n) is 15.5. The fraction of sp³-hybridized carbons (Fsp3) is 0.809. The van der Waals surface area contributed by atoms with Crippen LogP contribution in [0.5, 0.6) is 5.75 Å². The van der Waals surface area contributed by atoms with Crippen LogP contribution >= 0.6 is 0 Å². The molecule has 5 aliphatic carbocycles. The number of carbonyl (C=O) groups is 1. The minimum Gasteiger partial charge on any atom is -0.494 e. The first-order valence-electron chi connectivity index (χ1n) is 21.7. The van der Waals surface area contributed by atoms with Gasteiger partial charge in [0.2, 0.25) is 0 Å². The number of benzene rings is 1. The lowest BCUT2D eigenvalue weighted by Gasteiger charge is -2.58. The predicted molar refractivity (Wildman–Crippen MR) is 208 cm³/mol. The van der Waals surface area contributed by atoms with E-state index in [2.05, 4.69) is 71.9 Å². The Kier molecular flexibility index (Phi) is 12.9. The molecular weight excluding hydrogens is 613 g/mol. The van der Waals surface area contributed by atoms with Crippen LogP contribution in [-0.4, -0.2) is 18.7 Å². The summed E-state index contributed by atoms with van der Waals surface area (Å²) in [5.41, 5.74) is 3.93. The maximum Gasteiger partial charge on any atom is 0.306 e. The van der Waals surface area contributed by atoms with Gasteiger partial charge < -0.3 is 9.47 Å². The summed E-state index contributed by atoms with van der Waals surface area (Å²) >= 11 is 0. The molecule has 4 saturated carbocycles. The first-order chi connectivity index (χ1) is 24.1. The van der Waals surface area contributed by atoms with Gasteiger partial charge in [-0.15, -0.1) is 0 Å². The molecule has 8 atom stereocenters. The molecule has 6 rings (SSSR count). The maximum atomic E-state index is 12.9. The molecule has 1 unspecified atom stereocenters. The lowest BCUT2D eigenvalue weighted by atomic mass is 9.47. The number of carbonyl (C=O) groups excluding carboxylic acids is 1. The fourth-order valence-corrected chi connectivity index (χ4v) is 12.6. The molecule has 0 radical (unpaired) electrons. The van der Waals surface area contributed by atoms with Crippen molar-refractivity contribution in [3.8, 4) is 5.75 Å². The van der Waals surface area contributed by atoms with Gasteiger partial charge >= 0.3 is 5.97 Å². The summed E-state index contributed by atoms with van der Waals surface area (Å²) in [7, 11) is 0. The number of hydrogen-bond acceptors (Lipinski definition) is 3. The number of allylic oxidation sites excluding steroid dienone is 1. The average Bonchev–Trinajstić information content (AvgIpc) is 3.46. The van der Waals surface area contributed by atoms with Crippen molar-refractivity contribution in [1.82, 2.24) is 0 Å². The Morgan fingerprint density at radius 1 is 0.860 bits per heavy atom. The summed E-state index contributed by atoms with van der Waals surface area (Å²) in [6.07, 6.45) is 27.4. The highest BCUT2D eigenvalue weighted by atomic mass is 16.5. The molecule has 0 saturated heterocycles. The number of ether oxygens (including phenoxy) is 2. The van der Waals surface area contributed by atoms with Gasteiger partial charge in [0.1, 0.15) is 11.9 Å². The van der Waals surface area contributed by atoms with Gasteiger partial charge in [0.25, 0.3) is 0 Å². The molecule has 3 heteroatoms. The lowest BCUT2D eigenvalue weighted by Crippen LogP contribution is -2.51. The zero-order valence-corrected chi connectivity index (χ0v) is 33.2. The normalized spacial score (nSPS) is 35.8.